The van der Waals surface area contributed by atoms with Gasteiger partial charge in [-0.3, -0.25) is 14.3 Å². The van der Waals surface area contributed by atoms with Crippen molar-refractivity contribution >= 4 is 24.2 Å². The molecule has 27 heavy (non-hydrogen) atoms. The van der Waals surface area contributed by atoms with Gasteiger partial charge in [-0.2, -0.15) is 5.10 Å². The second kappa shape index (κ2) is 10.7. The van der Waals surface area contributed by atoms with Gasteiger partial charge in [-0.1, -0.05) is 13.3 Å². The van der Waals surface area contributed by atoms with Crippen molar-refractivity contribution in [1.29, 1.82) is 0 Å². The number of amides is 2. The first-order valence-corrected chi connectivity index (χ1v) is 10.0. The summed E-state index contributed by atoms with van der Waals surface area (Å²) in [5.41, 5.74) is 0.489. The Morgan fingerprint density at radius 3 is 2.93 bits per heavy atom. The van der Waals surface area contributed by atoms with E-state index in [9.17, 15) is 9.59 Å². The number of rotatable bonds is 6. The molecule has 7 nitrogen and oxygen atoms in total. The predicted octanol–water partition coefficient (Wildman–Crippen LogP) is 2.00. The van der Waals surface area contributed by atoms with Crippen molar-refractivity contribution in [3.8, 4) is 0 Å². The molecule has 0 bridgehead atoms. The highest BCUT2D eigenvalue weighted by Crippen LogP contribution is 2.20. The molecule has 1 aromatic heterocycles. The Morgan fingerprint density at radius 1 is 1.33 bits per heavy atom. The second-order valence-corrected chi connectivity index (χ2v) is 7.42. The minimum absolute atomic E-state index is 0. The first kappa shape index (κ1) is 21.7. The van der Waals surface area contributed by atoms with E-state index in [1.54, 1.807) is 4.90 Å². The van der Waals surface area contributed by atoms with Gasteiger partial charge < -0.3 is 15.5 Å². The summed E-state index contributed by atoms with van der Waals surface area (Å²) in [4.78, 5) is 26.9. The van der Waals surface area contributed by atoms with Gasteiger partial charge in [0.25, 0.3) is 5.91 Å². The van der Waals surface area contributed by atoms with Crippen LogP contribution in [0.15, 0.2) is 12.3 Å². The van der Waals surface area contributed by atoms with Crippen molar-refractivity contribution in [2.45, 2.75) is 51.5 Å². The molecule has 0 radical (unpaired) electrons. The summed E-state index contributed by atoms with van der Waals surface area (Å²) in [5, 5.41) is 10.9. The zero-order chi connectivity index (χ0) is 18.4. The van der Waals surface area contributed by atoms with Crippen LogP contribution in [0.2, 0.25) is 0 Å². The molecular weight excluding hydrogens is 366 g/mol. The zero-order valence-electron chi connectivity index (χ0n) is 16.2. The van der Waals surface area contributed by atoms with E-state index >= 15 is 0 Å². The molecular formula is C19H32ClN5O2. The molecule has 0 spiro atoms. The number of hydrogen-bond acceptors (Lipinski definition) is 4. The largest absolute Gasteiger partial charge is 0.356 e. The van der Waals surface area contributed by atoms with Crippen molar-refractivity contribution in [2.75, 3.05) is 32.7 Å². The molecule has 0 saturated carbocycles. The second-order valence-electron chi connectivity index (χ2n) is 7.42. The minimum Gasteiger partial charge on any atom is -0.356 e. The van der Waals surface area contributed by atoms with Crippen LogP contribution in [0.5, 0.6) is 0 Å². The van der Waals surface area contributed by atoms with Gasteiger partial charge in [-0.05, 0) is 44.7 Å². The van der Waals surface area contributed by atoms with Gasteiger partial charge in [0.05, 0.1) is 12.0 Å². The summed E-state index contributed by atoms with van der Waals surface area (Å²) < 4.78 is 1.91. The maximum atomic E-state index is 12.8. The van der Waals surface area contributed by atoms with Crippen LogP contribution in [0, 0.1) is 5.92 Å². The number of halogens is 1. The first-order valence-electron chi connectivity index (χ1n) is 10.0. The number of carbonyl (C=O) groups excluding carboxylic acids is 2. The number of piperidine rings is 2. The van der Waals surface area contributed by atoms with Gasteiger partial charge in [0.2, 0.25) is 5.91 Å². The number of unbranched alkanes of at least 4 members (excludes halogenated alkanes) is 1. The molecule has 2 unspecified atom stereocenters. The highest BCUT2D eigenvalue weighted by Gasteiger charge is 2.30. The molecule has 8 heteroatoms. The van der Waals surface area contributed by atoms with Crippen LogP contribution in [0.3, 0.4) is 0 Å². The summed E-state index contributed by atoms with van der Waals surface area (Å²) in [5.74, 6) is -0.0810. The summed E-state index contributed by atoms with van der Waals surface area (Å²) >= 11 is 0. The summed E-state index contributed by atoms with van der Waals surface area (Å²) in [6.07, 6.45) is 7.91. The molecule has 2 atom stereocenters. The molecule has 152 valence electrons. The van der Waals surface area contributed by atoms with Crippen molar-refractivity contribution in [3.05, 3.63) is 18.0 Å². The average molecular weight is 398 g/mol. The topological polar surface area (TPSA) is 79.3 Å². The summed E-state index contributed by atoms with van der Waals surface area (Å²) in [6, 6.07) is 2.13. The van der Waals surface area contributed by atoms with Gasteiger partial charge in [-0.15, -0.1) is 12.4 Å². The van der Waals surface area contributed by atoms with Gasteiger partial charge in [0.15, 0.2) is 0 Å². The van der Waals surface area contributed by atoms with Crippen molar-refractivity contribution in [1.82, 2.24) is 25.3 Å². The van der Waals surface area contributed by atoms with Crippen molar-refractivity contribution < 1.29 is 9.59 Å². The zero-order valence-corrected chi connectivity index (χ0v) is 17.0. The molecule has 3 heterocycles. The minimum atomic E-state index is -0.103. The lowest BCUT2D eigenvalue weighted by Gasteiger charge is -2.31. The third-order valence-electron chi connectivity index (χ3n) is 5.38. The Morgan fingerprint density at radius 2 is 2.19 bits per heavy atom. The molecule has 0 aliphatic carbocycles. The lowest BCUT2D eigenvalue weighted by atomic mass is 9.97. The number of hydrogen-bond donors (Lipinski definition) is 2. The fourth-order valence-corrected chi connectivity index (χ4v) is 3.78. The van der Waals surface area contributed by atoms with E-state index in [0.717, 1.165) is 58.2 Å². The van der Waals surface area contributed by atoms with Gasteiger partial charge in [-0.25, -0.2) is 0 Å². The lowest BCUT2D eigenvalue weighted by molar-refractivity contribution is -0.126. The Balaban J connectivity index is 0.00000261. The van der Waals surface area contributed by atoms with Crippen LogP contribution in [0.4, 0.5) is 0 Å². The smallest absolute Gasteiger partial charge is 0.274 e. The molecule has 2 saturated heterocycles. The normalized spacial score (nSPS) is 22.8. The number of aromatic nitrogens is 2. The summed E-state index contributed by atoms with van der Waals surface area (Å²) in [7, 11) is 0. The third-order valence-corrected chi connectivity index (χ3v) is 5.38. The number of carbonyl (C=O) groups is 2. The van der Waals surface area contributed by atoms with E-state index in [4.69, 9.17) is 0 Å². The average Bonchev–Trinajstić information content (AvgIpc) is 3.18. The van der Waals surface area contributed by atoms with Gasteiger partial charge in [0, 0.05) is 32.4 Å². The standard InChI is InChI=1S/C19H31N5O2.ClH/c1-2-3-10-21-18(25)15-6-5-11-23(14-15)19(26)17-8-12-24(22-17)16-7-4-9-20-13-16;/h8,12,15-16,20H,2-7,9-11,13-14H2,1H3,(H,21,25);1H. The van der Waals surface area contributed by atoms with Crippen LogP contribution >= 0.6 is 12.4 Å². The lowest BCUT2D eigenvalue weighted by Crippen LogP contribution is -2.45. The SMILES string of the molecule is CCCCNC(=O)C1CCCN(C(=O)c2ccn(C3CCCNC3)n2)C1.Cl. The van der Waals surface area contributed by atoms with Crippen LogP contribution in [0.1, 0.15) is 62.0 Å². The van der Waals surface area contributed by atoms with E-state index < -0.39 is 0 Å². The number of nitrogens with zero attached hydrogens (tertiary/aromatic N) is 3. The quantitative estimate of drug-likeness (QED) is 0.719. The molecule has 3 rings (SSSR count). The van der Waals surface area contributed by atoms with Gasteiger partial charge in [0.1, 0.15) is 5.69 Å². The van der Waals surface area contributed by atoms with Crippen molar-refractivity contribution in [3.63, 3.8) is 0 Å². The molecule has 0 aromatic carbocycles. The summed E-state index contributed by atoms with van der Waals surface area (Å²) in [6.45, 7) is 5.98. The predicted molar refractivity (Wildman–Crippen MR) is 107 cm³/mol. The van der Waals surface area contributed by atoms with Crippen LogP contribution in [0.25, 0.3) is 0 Å². The van der Waals surface area contributed by atoms with E-state index in [2.05, 4.69) is 22.7 Å². The molecule has 2 fully saturated rings. The Labute approximate surface area is 167 Å². The Kier molecular flexibility index (Phi) is 8.57. The Bertz CT molecular complexity index is 615. The van der Waals surface area contributed by atoms with E-state index in [1.165, 1.54) is 0 Å². The maximum absolute atomic E-state index is 12.8. The highest BCUT2D eigenvalue weighted by molar-refractivity contribution is 5.92. The van der Waals surface area contributed by atoms with Gasteiger partial charge >= 0.3 is 0 Å². The Hall–Kier alpha value is -1.60. The highest BCUT2D eigenvalue weighted by atomic mass is 35.5. The third kappa shape index (κ3) is 5.69. The van der Waals surface area contributed by atoms with E-state index in [1.807, 2.05) is 16.9 Å². The van der Waals surface area contributed by atoms with E-state index in [-0.39, 0.29) is 30.1 Å². The molecule has 2 amide bonds. The van der Waals surface area contributed by atoms with Crippen molar-refractivity contribution in [2.24, 2.45) is 5.92 Å². The molecule has 1 aromatic rings. The van der Waals surface area contributed by atoms with Crippen LogP contribution in [-0.2, 0) is 4.79 Å². The number of likely N-dealkylation sites (tertiary alicyclic amines) is 1. The van der Waals surface area contributed by atoms with Crippen LogP contribution < -0.4 is 10.6 Å². The first-order chi connectivity index (χ1) is 12.7. The van der Waals surface area contributed by atoms with E-state index in [0.29, 0.717) is 24.8 Å². The van der Waals surface area contributed by atoms with Crippen LogP contribution in [-0.4, -0.2) is 59.2 Å². The monoisotopic (exact) mass is 397 g/mol. The fraction of sp³-hybridized carbons (Fsp3) is 0.737. The maximum Gasteiger partial charge on any atom is 0.274 e. The molecule has 2 aliphatic heterocycles. The number of nitrogens with one attached hydrogen (secondary N) is 2. The molecule has 2 aliphatic rings. The molecule has 2 N–H and O–H groups in total. The fourth-order valence-electron chi connectivity index (χ4n) is 3.78.